The summed E-state index contributed by atoms with van der Waals surface area (Å²) in [6, 6.07) is 0. The largest absolute Gasteiger partial charge is 0.481 e. The van der Waals surface area contributed by atoms with E-state index in [1.807, 2.05) is 0 Å². The number of carboxylic acid groups (broad SMARTS) is 1. The van der Waals surface area contributed by atoms with Crippen LogP contribution in [0.3, 0.4) is 0 Å². The topological polar surface area (TPSA) is 74.6 Å². The molecule has 4 aliphatic rings. The highest BCUT2D eigenvalue weighted by molar-refractivity contribution is 5.84. The van der Waals surface area contributed by atoms with E-state index in [0.717, 1.165) is 44.9 Å². The number of aliphatic carboxylic acids is 1. The van der Waals surface area contributed by atoms with Crippen molar-refractivity contribution < 1.29 is 19.8 Å². The van der Waals surface area contributed by atoms with Gasteiger partial charge < -0.3 is 10.2 Å². The Hall–Kier alpha value is -0.900. The summed E-state index contributed by atoms with van der Waals surface area (Å²) < 4.78 is 0. The van der Waals surface area contributed by atoms with Gasteiger partial charge in [-0.05, 0) is 91.8 Å². The van der Waals surface area contributed by atoms with Gasteiger partial charge in [-0.2, -0.15) is 0 Å². The lowest BCUT2D eigenvalue weighted by atomic mass is 9.44. The van der Waals surface area contributed by atoms with Gasteiger partial charge in [0.05, 0.1) is 6.10 Å². The van der Waals surface area contributed by atoms with Gasteiger partial charge in [0.1, 0.15) is 5.78 Å². The summed E-state index contributed by atoms with van der Waals surface area (Å²) in [5, 5.41) is 19.3. The molecular weight excluding hydrogens is 352 g/mol. The molecule has 4 aliphatic carbocycles. The number of hydrogen-bond acceptors (Lipinski definition) is 3. The number of rotatable bonds is 4. The Morgan fingerprint density at radius 3 is 2.61 bits per heavy atom. The van der Waals surface area contributed by atoms with Crippen molar-refractivity contribution in [1.29, 1.82) is 0 Å². The second-order valence-corrected chi connectivity index (χ2v) is 11.2. The number of ketones is 1. The van der Waals surface area contributed by atoms with Crippen LogP contribution in [0.2, 0.25) is 0 Å². The molecule has 4 rings (SSSR count). The standard InChI is InChI=1S/C24H38O4/c1-14(4-9-21(27)28)18-7-8-19-17-6-5-15-12-16(25)10-11-23(15,2)22(17)20(26)13-24(18,19)3/h14-19,22,25H,4-13H2,1-3H3,(H,27,28). The number of carbonyl (C=O) groups excluding carboxylic acids is 1. The number of hydrogen-bond donors (Lipinski definition) is 2. The highest BCUT2D eigenvalue weighted by Gasteiger charge is 2.63. The summed E-state index contributed by atoms with van der Waals surface area (Å²) in [5.74, 6) is 2.40. The second kappa shape index (κ2) is 7.11. The molecule has 4 fully saturated rings. The van der Waals surface area contributed by atoms with Crippen molar-refractivity contribution in [1.82, 2.24) is 0 Å². The van der Waals surface area contributed by atoms with E-state index >= 15 is 0 Å². The number of Topliss-reactive ketones (excluding diaryl/α,β-unsaturated/α-hetero) is 1. The van der Waals surface area contributed by atoms with Crippen molar-refractivity contribution in [2.45, 2.75) is 91.1 Å². The first-order chi connectivity index (χ1) is 13.2. The molecule has 158 valence electrons. The average molecular weight is 391 g/mol. The molecular formula is C24H38O4. The van der Waals surface area contributed by atoms with Crippen LogP contribution in [0.5, 0.6) is 0 Å². The summed E-state index contributed by atoms with van der Waals surface area (Å²) in [7, 11) is 0. The summed E-state index contributed by atoms with van der Waals surface area (Å²) in [4.78, 5) is 24.6. The van der Waals surface area contributed by atoms with Crippen molar-refractivity contribution in [2.24, 2.45) is 46.3 Å². The van der Waals surface area contributed by atoms with Gasteiger partial charge in [-0.1, -0.05) is 20.8 Å². The molecule has 0 heterocycles. The van der Waals surface area contributed by atoms with E-state index in [4.69, 9.17) is 5.11 Å². The SMILES string of the molecule is CC(CCC(=O)O)C1CCC2C3CCC4CC(O)CCC4(C)C3C(=O)CC12C. The quantitative estimate of drug-likeness (QED) is 0.730. The third-order valence-corrected chi connectivity index (χ3v) is 9.89. The summed E-state index contributed by atoms with van der Waals surface area (Å²) in [5.41, 5.74) is 0.126. The van der Waals surface area contributed by atoms with Crippen LogP contribution in [0.25, 0.3) is 0 Å². The third kappa shape index (κ3) is 3.05. The predicted molar refractivity (Wildman–Crippen MR) is 108 cm³/mol. The first-order valence-corrected chi connectivity index (χ1v) is 11.6. The molecule has 0 bridgehead atoms. The van der Waals surface area contributed by atoms with Crippen molar-refractivity contribution in [3.05, 3.63) is 0 Å². The van der Waals surface area contributed by atoms with Crippen molar-refractivity contribution >= 4 is 11.8 Å². The predicted octanol–water partition coefficient (Wildman–Crippen LogP) is 4.69. The first kappa shape index (κ1) is 20.4. The number of carboxylic acids is 1. The molecule has 0 aromatic heterocycles. The molecule has 0 radical (unpaired) electrons. The highest BCUT2D eigenvalue weighted by atomic mass is 16.4. The maximum Gasteiger partial charge on any atom is 0.303 e. The van der Waals surface area contributed by atoms with E-state index in [1.165, 1.54) is 6.42 Å². The van der Waals surface area contributed by atoms with Crippen LogP contribution in [0.15, 0.2) is 0 Å². The highest BCUT2D eigenvalue weighted by Crippen LogP contribution is 2.67. The van der Waals surface area contributed by atoms with Gasteiger partial charge >= 0.3 is 5.97 Å². The molecule has 4 nitrogen and oxygen atoms in total. The number of aliphatic hydroxyl groups excluding tert-OH is 1. The fourth-order valence-corrected chi connectivity index (χ4v) is 8.57. The molecule has 9 unspecified atom stereocenters. The van der Waals surface area contributed by atoms with E-state index in [1.54, 1.807) is 0 Å². The number of aliphatic hydroxyl groups is 1. The van der Waals surface area contributed by atoms with E-state index in [0.29, 0.717) is 41.8 Å². The summed E-state index contributed by atoms with van der Waals surface area (Å²) >= 11 is 0. The Morgan fingerprint density at radius 2 is 1.89 bits per heavy atom. The van der Waals surface area contributed by atoms with Crippen LogP contribution < -0.4 is 0 Å². The zero-order valence-electron chi connectivity index (χ0n) is 17.8. The molecule has 0 aromatic rings. The van der Waals surface area contributed by atoms with Crippen molar-refractivity contribution in [2.75, 3.05) is 0 Å². The van der Waals surface area contributed by atoms with Crippen LogP contribution in [-0.2, 0) is 9.59 Å². The van der Waals surface area contributed by atoms with Gasteiger partial charge in [-0.25, -0.2) is 0 Å². The van der Waals surface area contributed by atoms with Gasteiger partial charge in [0, 0.05) is 18.8 Å². The normalized spacial score (nSPS) is 49.1. The Balaban J connectivity index is 1.57. The zero-order valence-corrected chi connectivity index (χ0v) is 17.8. The Labute approximate surface area is 169 Å². The molecule has 0 saturated heterocycles. The van der Waals surface area contributed by atoms with Crippen LogP contribution >= 0.6 is 0 Å². The molecule has 0 aliphatic heterocycles. The van der Waals surface area contributed by atoms with Gasteiger partial charge in [0.2, 0.25) is 0 Å². The van der Waals surface area contributed by atoms with E-state index in [2.05, 4.69) is 20.8 Å². The molecule has 4 saturated carbocycles. The second-order valence-electron chi connectivity index (χ2n) is 11.2. The maximum atomic E-state index is 13.6. The maximum absolute atomic E-state index is 13.6. The van der Waals surface area contributed by atoms with Gasteiger partial charge in [0.25, 0.3) is 0 Å². The zero-order chi connectivity index (χ0) is 20.3. The number of fused-ring (bicyclic) bond motifs is 5. The van der Waals surface area contributed by atoms with Gasteiger partial charge in [-0.15, -0.1) is 0 Å². The fourth-order valence-electron chi connectivity index (χ4n) is 8.57. The fraction of sp³-hybridized carbons (Fsp3) is 0.917. The number of carbonyl (C=O) groups is 2. The average Bonchev–Trinajstić information content (AvgIpc) is 2.96. The van der Waals surface area contributed by atoms with Gasteiger partial charge in [-0.3, -0.25) is 9.59 Å². The van der Waals surface area contributed by atoms with Gasteiger partial charge in [0.15, 0.2) is 0 Å². The molecule has 28 heavy (non-hydrogen) atoms. The third-order valence-electron chi connectivity index (χ3n) is 9.89. The Kier molecular flexibility index (Phi) is 5.17. The van der Waals surface area contributed by atoms with Crippen molar-refractivity contribution in [3.63, 3.8) is 0 Å². The molecule has 2 N–H and O–H groups in total. The Morgan fingerprint density at radius 1 is 1.14 bits per heavy atom. The minimum atomic E-state index is -0.711. The van der Waals surface area contributed by atoms with E-state index < -0.39 is 5.97 Å². The lowest BCUT2D eigenvalue weighted by Gasteiger charge is -2.60. The molecule has 9 atom stereocenters. The first-order valence-electron chi connectivity index (χ1n) is 11.6. The minimum Gasteiger partial charge on any atom is -0.481 e. The molecule has 0 aromatic carbocycles. The van der Waals surface area contributed by atoms with Crippen LogP contribution in [0.4, 0.5) is 0 Å². The van der Waals surface area contributed by atoms with Crippen LogP contribution in [0.1, 0.15) is 85.0 Å². The lowest BCUT2D eigenvalue weighted by Crippen LogP contribution is -2.57. The monoisotopic (exact) mass is 390 g/mol. The molecule has 4 heteroatoms. The smallest absolute Gasteiger partial charge is 0.303 e. The molecule has 0 spiro atoms. The van der Waals surface area contributed by atoms with Crippen LogP contribution in [0, 0.1) is 46.3 Å². The minimum absolute atomic E-state index is 0.0492. The Bertz CT molecular complexity index is 645. The lowest BCUT2D eigenvalue weighted by molar-refractivity contribution is -0.162. The molecule has 0 amide bonds. The van der Waals surface area contributed by atoms with Crippen molar-refractivity contribution in [3.8, 4) is 0 Å². The summed E-state index contributed by atoms with van der Waals surface area (Å²) in [6.45, 7) is 6.90. The van der Waals surface area contributed by atoms with E-state index in [-0.39, 0.29) is 29.3 Å². The van der Waals surface area contributed by atoms with Crippen LogP contribution in [-0.4, -0.2) is 28.1 Å². The summed E-state index contributed by atoms with van der Waals surface area (Å²) in [6.07, 6.45) is 8.85. The van der Waals surface area contributed by atoms with E-state index in [9.17, 15) is 14.7 Å².